The van der Waals surface area contributed by atoms with E-state index in [0.717, 1.165) is 18.4 Å². The molecule has 2 aromatic heterocycles. The Kier molecular flexibility index (Phi) is 3.44. The highest BCUT2D eigenvalue weighted by atomic mass is 16.3. The van der Waals surface area contributed by atoms with Crippen LogP contribution in [0.1, 0.15) is 18.9 Å². The topological polar surface area (TPSA) is 63.3 Å². The monoisotopic (exact) mass is 281 g/mol. The lowest BCUT2D eigenvalue weighted by Crippen LogP contribution is -2.06. The van der Waals surface area contributed by atoms with Gasteiger partial charge in [0.25, 0.3) is 0 Å². The van der Waals surface area contributed by atoms with E-state index in [1.807, 2.05) is 13.0 Å². The Hall–Kier alpha value is -2.62. The van der Waals surface area contributed by atoms with Gasteiger partial charge < -0.3 is 9.52 Å². The average molecular weight is 281 g/mol. The van der Waals surface area contributed by atoms with E-state index in [1.54, 1.807) is 24.4 Å². The molecule has 1 aromatic carbocycles. The van der Waals surface area contributed by atoms with Gasteiger partial charge >= 0.3 is 0 Å². The van der Waals surface area contributed by atoms with Crippen molar-refractivity contribution in [3.05, 3.63) is 58.6 Å². The third kappa shape index (κ3) is 2.40. The van der Waals surface area contributed by atoms with E-state index in [4.69, 9.17) is 4.42 Å². The summed E-state index contributed by atoms with van der Waals surface area (Å²) in [6.07, 6.45) is 4.64. The van der Waals surface area contributed by atoms with Gasteiger partial charge in [0.2, 0.25) is 5.43 Å². The van der Waals surface area contributed by atoms with Crippen LogP contribution < -0.4 is 5.43 Å². The number of phenols is 1. The molecular formula is C17H15NO3. The fraction of sp³-hybridized carbons (Fsp3) is 0.176. The lowest BCUT2D eigenvalue weighted by atomic mass is 10.0. The third-order valence-corrected chi connectivity index (χ3v) is 3.43. The molecule has 0 unspecified atom stereocenters. The third-order valence-electron chi connectivity index (χ3n) is 3.43. The molecule has 3 rings (SSSR count). The van der Waals surface area contributed by atoms with Crippen LogP contribution in [0.2, 0.25) is 0 Å². The Morgan fingerprint density at radius 3 is 2.86 bits per heavy atom. The molecule has 3 aromatic rings. The molecule has 0 bridgehead atoms. The van der Waals surface area contributed by atoms with Crippen molar-refractivity contribution in [2.45, 2.75) is 19.8 Å². The summed E-state index contributed by atoms with van der Waals surface area (Å²) in [5, 5.41) is 10.4. The molecule has 2 heterocycles. The molecule has 0 saturated carbocycles. The first-order valence-electron chi connectivity index (χ1n) is 6.89. The summed E-state index contributed by atoms with van der Waals surface area (Å²) in [7, 11) is 0. The molecule has 4 nitrogen and oxygen atoms in total. The summed E-state index contributed by atoms with van der Waals surface area (Å²) in [6.45, 7) is 2.02. The van der Waals surface area contributed by atoms with Gasteiger partial charge in [-0.3, -0.25) is 9.78 Å². The second-order valence-electron chi connectivity index (χ2n) is 4.92. The molecule has 0 aliphatic rings. The number of aromatic nitrogens is 1. The number of phenolic OH excluding ortho intramolecular Hbond substituents is 1. The Morgan fingerprint density at radius 2 is 2.14 bits per heavy atom. The molecule has 21 heavy (non-hydrogen) atoms. The average Bonchev–Trinajstić information content (AvgIpc) is 2.50. The second kappa shape index (κ2) is 5.40. The lowest BCUT2D eigenvalue weighted by molar-refractivity contribution is 0.466. The summed E-state index contributed by atoms with van der Waals surface area (Å²) in [4.78, 5) is 16.8. The van der Waals surface area contributed by atoms with Crippen LogP contribution in [0, 0.1) is 0 Å². The minimum Gasteiger partial charge on any atom is -0.508 e. The summed E-state index contributed by atoms with van der Waals surface area (Å²) >= 11 is 0. The molecule has 0 aliphatic heterocycles. The molecule has 0 amide bonds. The van der Waals surface area contributed by atoms with E-state index in [-0.39, 0.29) is 11.2 Å². The van der Waals surface area contributed by atoms with Gasteiger partial charge in [0.05, 0.1) is 16.6 Å². The van der Waals surface area contributed by atoms with Crippen LogP contribution in [0.4, 0.5) is 0 Å². The normalized spacial score (nSPS) is 10.9. The first kappa shape index (κ1) is 13.4. The van der Waals surface area contributed by atoms with Crippen LogP contribution in [-0.4, -0.2) is 10.1 Å². The smallest absolute Gasteiger partial charge is 0.202 e. The number of rotatable bonds is 3. The highest BCUT2D eigenvalue weighted by molar-refractivity contribution is 5.83. The molecule has 0 radical (unpaired) electrons. The summed E-state index contributed by atoms with van der Waals surface area (Å²) in [5.74, 6) is 0.165. The molecule has 0 aliphatic carbocycles. The number of aromatic hydroxyl groups is 1. The van der Waals surface area contributed by atoms with Crippen molar-refractivity contribution in [3.8, 4) is 17.0 Å². The van der Waals surface area contributed by atoms with Crippen molar-refractivity contribution in [1.82, 2.24) is 4.98 Å². The van der Waals surface area contributed by atoms with Crippen LogP contribution in [-0.2, 0) is 6.42 Å². The quantitative estimate of drug-likeness (QED) is 0.798. The lowest BCUT2D eigenvalue weighted by Gasteiger charge is -2.06. The largest absolute Gasteiger partial charge is 0.508 e. The Balaban J connectivity index is 2.25. The molecule has 4 heteroatoms. The van der Waals surface area contributed by atoms with Crippen LogP contribution >= 0.6 is 0 Å². The molecule has 0 saturated heterocycles. The highest BCUT2D eigenvalue weighted by Crippen LogP contribution is 2.26. The van der Waals surface area contributed by atoms with Crippen molar-refractivity contribution >= 4 is 11.0 Å². The summed E-state index contributed by atoms with van der Waals surface area (Å²) in [5.41, 5.74) is 2.02. The fourth-order valence-corrected chi connectivity index (χ4v) is 2.38. The first-order valence-corrected chi connectivity index (χ1v) is 6.89. The maximum atomic E-state index is 12.6. The summed E-state index contributed by atoms with van der Waals surface area (Å²) in [6, 6.07) is 8.61. The van der Waals surface area contributed by atoms with Gasteiger partial charge in [-0.25, -0.2) is 0 Å². The number of pyridine rings is 1. The molecule has 0 spiro atoms. The second-order valence-corrected chi connectivity index (χ2v) is 4.92. The van der Waals surface area contributed by atoms with Crippen LogP contribution in [0.3, 0.4) is 0 Å². The van der Waals surface area contributed by atoms with Crippen molar-refractivity contribution in [2.75, 3.05) is 0 Å². The highest BCUT2D eigenvalue weighted by Gasteiger charge is 2.12. The van der Waals surface area contributed by atoms with Crippen molar-refractivity contribution in [2.24, 2.45) is 0 Å². The van der Waals surface area contributed by atoms with Gasteiger partial charge in [0, 0.05) is 12.3 Å². The number of nitrogens with zero attached hydrogens (tertiary/aromatic N) is 1. The zero-order valence-electron chi connectivity index (χ0n) is 11.7. The van der Waals surface area contributed by atoms with Gasteiger partial charge in [-0.2, -0.15) is 0 Å². The minimum absolute atomic E-state index is 0.132. The van der Waals surface area contributed by atoms with E-state index < -0.39 is 0 Å². The maximum absolute atomic E-state index is 12.6. The minimum atomic E-state index is -0.132. The van der Waals surface area contributed by atoms with E-state index >= 15 is 0 Å². The van der Waals surface area contributed by atoms with Crippen molar-refractivity contribution in [3.63, 3.8) is 0 Å². The molecule has 0 fully saturated rings. The van der Waals surface area contributed by atoms with Gasteiger partial charge in [0.1, 0.15) is 17.6 Å². The van der Waals surface area contributed by atoms with Gasteiger partial charge in [-0.1, -0.05) is 19.4 Å². The van der Waals surface area contributed by atoms with Crippen molar-refractivity contribution < 1.29 is 9.52 Å². The van der Waals surface area contributed by atoms with Gasteiger partial charge in [-0.15, -0.1) is 0 Å². The molecule has 106 valence electrons. The first-order chi connectivity index (χ1) is 10.2. The maximum Gasteiger partial charge on any atom is 0.202 e. The van der Waals surface area contributed by atoms with E-state index in [1.165, 1.54) is 12.3 Å². The standard InChI is InChI=1S/C17H15NO3/c1-2-5-11-8-12-16(9-15(11)19)21-10-13(17(12)20)14-6-3-4-7-18-14/h3-4,6-10,19H,2,5H2,1H3. The van der Waals surface area contributed by atoms with E-state index in [9.17, 15) is 9.90 Å². The van der Waals surface area contributed by atoms with E-state index in [2.05, 4.69) is 4.98 Å². The predicted octanol–water partition coefficient (Wildman–Crippen LogP) is 3.51. The Morgan fingerprint density at radius 1 is 1.29 bits per heavy atom. The van der Waals surface area contributed by atoms with Crippen LogP contribution in [0.5, 0.6) is 5.75 Å². The number of aryl methyl sites for hydroxylation is 1. The van der Waals surface area contributed by atoms with Gasteiger partial charge in [-0.05, 0) is 30.2 Å². The van der Waals surface area contributed by atoms with E-state index in [0.29, 0.717) is 22.2 Å². The molecule has 0 atom stereocenters. The molecular weight excluding hydrogens is 266 g/mol. The zero-order chi connectivity index (χ0) is 14.8. The Labute approximate surface area is 121 Å². The number of fused-ring (bicyclic) bond motifs is 1. The number of benzene rings is 1. The summed E-state index contributed by atoms with van der Waals surface area (Å²) < 4.78 is 5.49. The zero-order valence-corrected chi connectivity index (χ0v) is 11.7. The molecule has 1 N–H and O–H groups in total. The van der Waals surface area contributed by atoms with Gasteiger partial charge in [0.15, 0.2) is 0 Å². The Bertz CT molecular complexity index is 838. The SMILES string of the molecule is CCCc1cc2c(=O)c(-c3ccccn3)coc2cc1O. The fourth-order valence-electron chi connectivity index (χ4n) is 2.38. The predicted molar refractivity (Wildman–Crippen MR) is 81.4 cm³/mol. The van der Waals surface area contributed by atoms with Crippen LogP contribution in [0.15, 0.2) is 52.0 Å². The number of hydrogen-bond acceptors (Lipinski definition) is 4. The van der Waals surface area contributed by atoms with Crippen molar-refractivity contribution in [1.29, 1.82) is 0 Å². The number of hydrogen-bond donors (Lipinski definition) is 1. The van der Waals surface area contributed by atoms with Crippen LogP contribution in [0.25, 0.3) is 22.2 Å².